The Balaban J connectivity index is 1.28. The lowest BCUT2D eigenvalue weighted by Gasteiger charge is -2.39. The minimum Gasteiger partial charge on any atom is -0.508 e. The Kier molecular flexibility index (Phi) is 5.73. The van der Waals surface area contributed by atoms with E-state index in [9.17, 15) is 14.7 Å². The lowest BCUT2D eigenvalue weighted by molar-refractivity contribution is -0.136. The van der Waals surface area contributed by atoms with Crippen LogP contribution in [-0.4, -0.2) is 49.6 Å². The molecule has 0 spiro atoms. The normalized spacial score (nSPS) is 21.4. The third-order valence-electron chi connectivity index (χ3n) is 6.81. The molecular weight excluding hydrogens is 432 g/mol. The quantitative estimate of drug-likeness (QED) is 0.587. The van der Waals surface area contributed by atoms with Gasteiger partial charge in [-0.1, -0.05) is 12.1 Å². The summed E-state index contributed by atoms with van der Waals surface area (Å²) in [6.07, 6.45) is 7.16. The molecule has 8 nitrogen and oxygen atoms in total. The SMILES string of the molecule is Cn1cnc(-c2ccc(OC3C[C@H]4CC[C@@H](C3)N4C(=O)Cc3ccc(O)cc3)c(C(N)=O)c2)c1. The molecule has 3 N–H and O–H groups in total. The van der Waals surface area contributed by atoms with Crippen LogP contribution in [0.3, 0.4) is 0 Å². The van der Waals surface area contributed by atoms with Crippen molar-refractivity contribution >= 4 is 11.8 Å². The molecule has 0 saturated carbocycles. The van der Waals surface area contributed by atoms with Crippen molar-refractivity contribution in [2.24, 2.45) is 12.8 Å². The minimum absolute atomic E-state index is 0.0889. The first-order valence-corrected chi connectivity index (χ1v) is 11.6. The summed E-state index contributed by atoms with van der Waals surface area (Å²) in [7, 11) is 1.89. The van der Waals surface area contributed by atoms with Crippen LogP contribution in [0, 0.1) is 0 Å². The highest BCUT2D eigenvalue weighted by molar-refractivity contribution is 5.97. The lowest BCUT2D eigenvalue weighted by atomic mass is 9.98. The van der Waals surface area contributed by atoms with Gasteiger partial charge in [-0.15, -0.1) is 0 Å². The zero-order valence-electron chi connectivity index (χ0n) is 19.1. The second-order valence-corrected chi connectivity index (χ2v) is 9.24. The van der Waals surface area contributed by atoms with E-state index in [4.69, 9.17) is 10.5 Å². The number of rotatable bonds is 6. The van der Waals surface area contributed by atoms with E-state index in [1.165, 1.54) is 0 Å². The Bertz CT molecular complexity index is 1210. The van der Waals surface area contributed by atoms with Crippen molar-refractivity contribution in [1.29, 1.82) is 0 Å². The highest BCUT2D eigenvalue weighted by Gasteiger charge is 2.44. The Morgan fingerprint density at radius 3 is 2.44 bits per heavy atom. The number of carbonyl (C=O) groups excluding carboxylic acids is 2. The summed E-state index contributed by atoms with van der Waals surface area (Å²) in [5.41, 5.74) is 8.45. The number of hydrogen-bond donors (Lipinski definition) is 2. The number of aromatic nitrogens is 2. The summed E-state index contributed by atoms with van der Waals surface area (Å²) in [5.74, 6) is 0.226. The van der Waals surface area contributed by atoms with Crippen molar-refractivity contribution in [2.45, 2.75) is 50.3 Å². The van der Waals surface area contributed by atoms with Gasteiger partial charge in [0.2, 0.25) is 5.91 Å². The van der Waals surface area contributed by atoms with E-state index in [-0.39, 0.29) is 29.8 Å². The van der Waals surface area contributed by atoms with E-state index in [0.717, 1.165) is 42.5 Å². The number of primary amides is 1. The van der Waals surface area contributed by atoms with Crippen LogP contribution in [0.2, 0.25) is 0 Å². The number of hydrogen-bond acceptors (Lipinski definition) is 5. The topological polar surface area (TPSA) is 111 Å². The first-order valence-electron chi connectivity index (χ1n) is 11.6. The van der Waals surface area contributed by atoms with Crippen molar-refractivity contribution in [3.63, 3.8) is 0 Å². The van der Waals surface area contributed by atoms with E-state index >= 15 is 0 Å². The molecule has 2 amide bonds. The molecule has 2 saturated heterocycles. The van der Waals surface area contributed by atoms with Crippen molar-refractivity contribution in [3.8, 4) is 22.8 Å². The van der Waals surface area contributed by atoms with Crippen LogP contribution in [0.4, 0.5) is 0 Å². The van der Waals surface area contributed by atoms with Gasteiger partial charge in [0.05, 0.1) is 24.0 Å². The van der Waals surface area contributed by atoms with E-state index < -0.39 is 5.91 Å². The van der Waals surface area contributed by atoms with Gasteiger partial charge in [0.15, 0.2) is 0 Å². The molecule has 1 aromatic heterocycles. The molecule has 176 valence electrons. The zero-order valence-corrected chi connectivity index (χ0v) is 19.1. The molecule has 0 aliphatic carbocycles. The summed E-state index contributed by atoms with van der Waals surface area (Å²) in [6, 6.07) is 12.4. The Morgan fingerprint density at radius 1 is 1.12 bits per heavy atom. The molecule has 2 aliphatic rings. The molecule has 2 aliphatic heterocycles. The van der Waals surface area contributed by atoms with E-state index in [2.05, 4.69) is 4.98 Å². The molecule has 34 heavy (non-hydrogen) atoms. The van der Waals surface area contributed by atoms with Crippen LogP contribution in [-0.2, 0) is 18.3 Å². The third-order valence-corrected chi connectivity index (χ3v) is 6.81. The van der Waals surface area contributed by atoms with Gasteiger partial charge in [0.1, 0.15) is 17.6 Å². The van der Waals surface area contributed by atoms with Crippen LogP contribution in [0.5, 0.6) is 11.5 Å². The maximum absolute atomic E-state index is 13.0. The minimum atomic E-state index is -0.544. The molecule has 2 fully saturated rings. The fourth-order valence-electron chi connectivity index (χ4n) is 5.24. The zero-order chi connectivity index (χ0) is 23.8. The average Bonchev–Trinajstić information content (AvgIpc) is 3.36. The largest absolute Gasteiger partial charge is 0.508 e. The Hall–Kier alpha value is -3.81. The highest BCUT2D eigenvalue weighted by atomic mass is 16.5. The van der Waals surface area contributed by atoms with Gasteiger partial charge in [0.25, 0.3) is 5.91 Å². The maximum Gasteiger partial charge on any atom is 0.252 e. The maximum atomic E-state index is 13.0. The number of piperidine rings is 1. The smallest absolute Gasteiger partial charge is 0.252 e. The molecule has 3 atom stereocenters. The van der Waals surface area contributed by atoms with Gasteiger partial charge in [-0.25, -0.2) is 4.98 Å². The summed E-state index contributed by atoms with van der Waals surface area (Å²) < 4.78 is 8.14. The Morgan fingerprint density at radius 2 is 1.82 bits per heavy atom. The summed E-state index contributed by atoms with van der Waals surface area (Å²) in [4.78, 5) is 31.6. The van der Waals surface area contributed by atoms with Gasteiger partial charge in [-0.3, -0.25) is 9.59 Å². The number of ether oxygens (including phenoxy) is 1. The molecule has 1 unspecified atom stereocenters. The molecule has 2 aromatic carbocycles. The summed E-state index contributed by atoms with van der Waals surface area (Å²) in [6.45, 7) is 0. The van der Waals surface area contributed by atoms with Crippen LogP contribution in [0.1, 0.15) is 41.6 Å². The van der Waals surface area contributed by atoms with Gasteiger partial charge in [-0.2, -0.15) is 0 Å². The van der Waals surface area contributed by atoms with Crippen molar-refractivity contribution in [2.75, 3.05) is 0 Å². The van der Waals surface area contributed by atoms with Crippen LogP contribution >= 0.6 is 0 Å². The first kappa shape index (κ1) is 22.0. The molecule has 2 bridgehead atoms. The Labute approximate surface area is 198 Å². The second-order valence-electron chi connectivity index (χ2n) is 9.24. The molecular formula is C26H28N4O4. The summed E-state index contributed by atoms with van der Waals surface area (Å²) in [5, 5.41) is 9.47. The number of amides is 2. The van der Waals surface area contributed by atoms with Crippen LogP contribution in [0.15, 0.2) is 55.0 Å². The fraction of sp³-hybridized carbons (Fsp3) is 0.346. The predicted molar refractivity (Wildman–Crippen MR) is 126 cm³/mol. The second kappa shape index (κ2) is 8.85. The number of nitrogens with zero attached hydrogens (tertiary/aromatic N) is 3. The number of phenolic OH excluding ortho intramolecular Hbond substituents is 1. The summed E-state index contributed by atoms with van der Waals surface area (Å²) >= 11 is 0. The molecule has 5 rings (SSSR count). The fourth-order valence-corrected chi connectivity index (χ4v) is 5.24. The van der Waals surface area contributed by atoms with E-state index in [1.54, 1.807) is 42.7 Å². The molecule has 3 aromatic rings. The average molecular weight is 461 g/mol. The van der Waals surface area contributed by atoms with Crippen molar-refractivity contribution < 1.29 is 19.4 Å². The third kappa shape index (κ3) is 4.35. The lowest BCUT2D eigenvalue weighted by Crippen LogP contribution is -2.49. The van der Waals surface area contributed by atoms with Crippen molar-refractivity contribution in [3.05, 3.63) is 66.1 Å². The van der Waals surface area contributed by atoms with E-state index in [1.807, 2.05) is 28.8 Å². The van der Waals surface area contributed by atoms with Gasteiger partial charge in [-0.05, 0) is 48.7 Å². The van der Waals surface area contributed by atoms with Gasteiger partial charge >= 0.3 is 0 Å². The standard InChI is InChI=1S/C26H28N4O4/c1-29-14-23(28-15-29)17-4-9-24(22(11-17)26(27)33)34-21-12-18-5-6-19(13-21)30(18)25(32)10-16-2-7-20(31)8-3-16/h2-4,7-9,11,14-15,18-19,21,31H,5-6,10,12-13H2,1H3,(H2,27,33)/t18-,19+,21?. The monoisotopic (exact) mass is 460 g/mol. The number of aryl methyl sites for hydroxylation is 1. The van der Waals surface area contributed by atoms with Crippen LogP contribution < -0.4 is 10.5 Å². The van der Waals surface area contributed by atoms with Crippen molar-refractivity contribution in [1.82, 2.24) is 14.5 Å². The number of carbonyl (C=O) groups is 2. The highest BCUT2D eigenvalue weighted by Crippen LogP contribution is 2.38. The van der Waals surface area contributed by atoms with Crippen LogP contribution in [0.25, 0.3) is 11.3 Å². The van der Waals surface area contributed by atoms with Gasteiger partial charge in [0, 0.05) is 43.7 Å². The molecule has 8 heteroatoms. The van der Waals surface area contributed by atoms with E-state index in [0.29, 0.717) is 17.7 Å². The molecule has 3 heterocycles. The number of benzene rings is 2. The number of fused-ring (bicyclic) bond motifs is 2. The number of imidazole rings is 1. The predicted octanol–water partition coefficient (Wildman–Crippen LogP) is 3.04. The number of aromatic hydroxyl groups is 1. The molecule has 0 radical (unpaired) electrons. The number of nitrogens with two attached hydrogens (primary N) is 1. The van der Waals surface area contributed by atoms with Gasteiger partial charge < -0.3 is 25.0 Å². The number of phenols is 1. The first-order chi connectivity index (χ1) is 16.4.